The predicted octanol–water partition coefficient (Wildman–Crippen LogP) is 3.42. The molecule has 3 rings (SSSR count). The Morgan fingerprint density at radius 3 is 2.95 bits per heavy atom. The number of anilines is 1. The summed E-state index contributed by atoms with van der Waals surface area (Å²) >= 11 is 2.21. The average Bonchev–Trinajstić information content (AvgIpc) is 2.85. The lowest BCUT2D eigenvalue weighted by Gasteiger charge is -2.05. The molecule has 0 aliphatic carbocycles. The van der Waals surface area contributed by atoms with Crippen molar-refractivity contribution >= 4 is 45.1 Å². The Labute approximate surface area is 123 Å². The summed E-state index contributed by atoms with van der Waals surface area (Å²) in [5.74, 6) is -0.126. The monoisotopic (exact) mass is 363 g/mol. The molecule has 94 valence electrons. The van der Waals surface area contributed by atoms with Crippen LogP contribution >= 0.6 is 22.6 Å². The van der Waals surface area contributed by atoms with Gasteiger partial charge in [-0.1, -0.05) is 12.1 Å². The van der Waals surface area contributed by atoms with Crippen molar-refractivity contribution in [3.63, 3.8) is 0 Å². The lowest BCUT2D eigenvalue weighted by Crippen LogP contribution is -2.11. The number of fused-ring (bicyclic) bond motifs is 1. The van der Waals surface area contributed by atoms with Gasteiger partial charge in [-0.2, -0.15) is 5.10 Å². The molecule has 2 N–H and O–H groups in total. The number of amides is 1. The first-order valence-corrected chi connectivity index (χ1v) is 6.80. The molecule has 0 unspecified atom stereocenters. The van der Waals surface area contributed by atoms with E-state index in [1.807, 2.05) is 30.3 Å². The Balaban J connectivity index is 1.87. The molecule has 19 heavy (non-hydrogen) atoms. The van der Waals surface area contributed by atoms with Crippen LogP contribution in [0.2, 0.25) is 0 Å². The summed E-state index contributed by atoms with van der Waals surface area (Å²) in [7, 11) is 0. The van der Waals surface area contributed by atoms with Crippen LogP contribution in [-0.4, -0.2) is 16.1 Å². The van der Waals surface area contributed by atoms with E-state index < -0.39 is 0 Å². The molecule has 4 nitrogen and oxygen atoms in total. The fourth-order valence-electron chi connectivity index (χ4n) is 1.85. The van der Waals surface area contributed by atoms with E-state index in [1.165, 1.54) is 0 Å². The lowest BCUT2D eigenvalue weighted by molar-refractivity contribution is 0.102. The lowest BCUT2D eigenvalue weighted by atomic mass is 10.1. The van der Waals surface area contributed by atoms with Gasteiger partial charge >= 0.3 is 0 Å². The minimum Gasteiger partial charge on any atom is -0.322 e. The molecule has 5 heteroatoms. The van der Waals surface area contributed by atoms with Gasteiger partial charge in [0.25, 0.3) is 5.91 Å². The molecule has 2 aromatic carbocycles. The van der Waals surface area contributed by atoms with Crippen LogP contribution in [0.3, 0.4) is 0 Å². The number of aromatic nitrogens is 2. The van der Waals surface area contributed by atoms with Crippen LogP contribution in [-0.2, 0) is 0 Å². The second kappa shape index (κ2) is 5.00. The maximum Gasteiger partial charge on any atom is 0.255 e. The van der Waals surface area contributed by atoms with Crippen molar-refractivity contribution in [2.75, 3.05) is 5.32 Å². The Morgan fingerprint density at radius 2 is 2.11 bits per heavy atom. The number of benzene rings is 2. The molecule has 0 atom stereocenters. The topological polar surface area (TPSA) is 57.8 Å². The number of H-pyrrole nitrogens is 1. The van der Waals surface area contributed by atoms with Crippen LogP contribution in [0.1, 0.15) is 10.4 Å². The summed E-state index contributed by atoms with van der Waals surface area (Å²) < 4.78 is 1.08. The van der Waals surface area contributed by atoms with Gasteiger partial charge in [0.15, 0.2) is 0 Å². The molecule has 0 saturated carbocycles. The first-order chi connectivity index (χ1) is 9.22. The third-order valence-electron chi connectivity index (χ3n) is 2.79. The van der Waals surface area contributed by atoms with Crippen LogP contribution in [0.4, 0.5) is 5.69 Å². The molecule has 1 amide bonds. The molecule has 0 bridgehead atoms. The van der Waals surface area contributed by atoms with Gasteiger partial charge in [0.2, 0.25) is 0 Å². The minimum atomic E-state index is -0.126. The predicted molar refractivity (Wildman–Crippen MR) is 83.2 cm³/mol. The van der Waals surface area contributed by atoms with Crippen LogP contribution in [0.5, 0.6) is 0 Å². The largest absolute Gasteiger partial charge is 0.322 e. The zero-order chi connectivity index (χ0) is 13.2. The number of carbonyl (C=O) groups is 1. The van der Waals surface area contributed by atoms with Crippen LogP contribution in [0.25, 0.3) is 10.9 Å². The molecule has 0 fully saturated rings. The molecule has 0 saturated heterocycles. The van der Waals surface area contributed by atoms with E-state index in [4.69, 9.17) is 0 Å². The summed E-state index contributed by atoms with van der Waals surface area (Å²) in [6.45, 7) is 0. The number of halogens is 1. The van der Waals surface area contributed by atoms with E-state index in [1.54, 1.807) is 18.3 Å². The second-order valence-corrected chi connectivity index (χ2v) is 5.38. The van der Waals surface area contributed by atoms with Crippen molar-refractivity contribution in [2.45, 2.75) is 0 Å². The van der Waals surface area contributed by atoms with E-state index in [2.05, 4.69) is 38.1 Å². The molecule has 1 heterocycles. The van der Waals surface area contributed by atoms with E-state index in [0.29, 0.717) is 5.56 Å². The fraction of sp³-hybridized carbons (Fsp3) is 0. The van der Waals surface area contributed by atoms with Gasteiger partial charge in [-0.25, -0.2) is 0 Å². The molecule has 0 aliphatic heterocycles. The SMILES string of the molecule is O=C(Nc1cccc(I)c1)c1ccc2cn[nH]c2c1. The van der Waals surface area contributed by atoms with Gasteiger partial charge in [0.05, 0.1) is 11.7 Å². The van der Waals surface area contributed by atoms with Crippen molar-refractivity contribution in [2.24, 2.45) is 0 Å². The highest BCUT2D eigenvalue weighted by Gasteiger charge is 2.07. The van der Waals surface area contributed by atoms with Gasteiger partial charge < -0.3 is 5.32 Å². The van der Waals surface area contributed by atoms with Crippen LogP contribution in [0.15, 0.2) is 48.7 Å². The first-order valence-electron chi connectivity index (χ1n) is 5.72. The number of carbonyl (C=O) groups excluding carboxylic acids is 1. The third kappa shape index (κ3) is 2.60. The molecule has 0 spiro atoms. The molecule has 0 aliphatic rings. The molecule has 3 aromatic rings. The highest BCUT2D eigenvalue weighted by molar-refractivity contribution is 14.1. The Bertz CT molecular complexity index is 751. The minimum absolute atomic E-state index is 0.126. The molecule has 0 radical (unpaired) electrons. The van der Waals surface area contributed by atoms with E-state index in [9.17, 15) is 4.79 Å². The van der Waals surface area contributed by atoms with E-state index in [0.717, 1.165) is 20.2 Å². The van der Waals surface area contributed by atoms with Gasteiger partial charge in [0, 0.05) is 20.2 Å². The molecule has 1 aromatic heterocycles. The zero-order valence-corrected chi connectivity index (χ0v) is 12.0. The maximum absolute atomic E-state index is 12.1. The quantitative estimate of drug-likeness (QED) is 0.686. The standard InChI is InChI=1S/C14H10IN3O/c15-11-2-1-3-12(7-11)17-14(19)9-4-5-10-8-16-18-13(10)6-9/h1-8H,(H,16,18)(H,17,19). The molecular weight excluding hydrogens is 353 g/mol. The number of nitrogens with one attached hydrogen (secondary N) is 2. The van der Waals surface area contributed by atoms with Gasteiger partial charge in [-0.3, -0.25) is 9.89 Å². The highest BCUT2D eigenvalue weighted by Crippen LogP contribution is 2.16. The molecular formula is C14H10IN3O. The van der Waals surface area contributed by atoms with Gasteiger partial charge in [-0.15, -0.1) is 0 Å². The Morgan fingerprint density at radius 1 is 1.21 bits per heavy atom. The van der Waals surface area contributed by atoms with Gasteiger partial charge in [-0.05, 0) is 52.9 Å². The maximum atomic E-state index is 12.1. The number of aromatic amines is 1. The van der Waals surface area contributed by atoms with Crippen molar-refractivity contribution in [1.29, 1.82) is 0 Å². The zero-order valence-electron chi connectivity index (χ0n) is 9.85. The third-order valence-corrected chi connectivity index (χ3v) is 3.46. The van der Waals surface area contributed by atoms with Crippen LogP contribution < -0.4 is 5.32 Å². The van der Waals surface area contributed by atoms with Crippen molar-refractivity contribution in [1.82, 2.24) is 10.2 Å². The highest BCUT2D eigenvalue weighted by atomic mass is 127. The number of nitrogens with zero attached hydrogens (tertiary/aromatic N) is 1. The Kier molecular flexibility index (Phi) is 3.20. The second-order valence-electron chi connectivity index (χ2n) is 4.14. The summed E-state index contributed by atoms with van der Waals surface area (Å²) in [5.41, 5.74) is 2.26. The summed E-state index contributed by atoms with van der Waals surface area (Å²) in [6.07, 6.45) is 1.73. The Hall–Kier alpha value is -1.89. The first kappa shape index (κ1) is 12.2. The fourth-order valence-corrected chi connectivity index (χ4v) is 2.39. The summed E-state index contributed by atoms with van der Waals surface area (Å²) in [6, 6.07) is 13.2. The van der Waals surface area contributed by atoms with Crippen molar-refractivity contribution in [3.8, 4) is 0 Å². The van der Waals surface area contributed by atoms with Crippen molar-refractivity contribution < 1.29 is 4.79 Å². The summed E-state index contributed by atoms with van der Waals surface area (Å²) in [4.78, 5) is 12.1. The smallest absolute Gasteiger partial charge is 0.255 e. The summed E-state index contributed by atoms with van der Waals surface area (Å²) in [5, 5.41) is 10.7. The number of hydrogen-bond donors (Lipinski definition) is 2. The van der Waals surface area contributed by atoms with Gasteiger partial charge in [0.1, 0.15) is 0 Å². The normalized spacial score (nSPS) is 10.6. The van der Waals surface area contributed by atoms with E-state index >= 15 is 0 Å². The number of rotatable bonds is 2. The van der Waals surface area contributed by atoms with Crippen molar-refractivity contribution in [3.05, 3.63) is 57.8 Å². The van der Waals surface area contributed by atoms with E-state index in [-0.39, 0.29) is 5.91 Å². The number of hydrogen-bond acceptors (Lipinski definition) is 2. The average molecular weight is 363 g/mol. The van der Waals surface area contributed by atoms with Crippen LogP contribution in [0, 0.1) is 3.57 Å².